The molecule has 0 fully saturated rings. The summed E-state index contributed by atoms with van der Waals surface area (Å²) in [5.74, 6) is 0.183. The van der Waals surface area contributed by atoms with E-state index in [0.29, 0.717) is 11.0 Å². The summed E-state index contributed by atoms with van der Waals surface area (Å²) in [5.41, 5.74) is 0.127. The van der Waals surface area contributed by atoms with Gasteiger partial charge in [-0.25, -0.2) is 4.98 Å². The summed E-state index contributed by atoms with van der Waals surface area (Å²) >= 11 is 1.08. The fourth-order valence-electron chi connectivity index (χ4n) is 1.38. The number of hydrogen-bond acceptors (Lipinski definition) is 6. The summed E-state index contributed by atoms with van der Waals surface area (Å²) in [6, 6.07) is 4.70. The highest BCUT2D eigenvalue weighted by molar-refractivity contribution is 7.09. The number of carbonyl (C=O) groups excluding carboxylic acids is 1. The number of nitrogens with one attached hydrogen (secondary N) is 1. The molecule has 2 N–H and O–H groups in total. The van der Waals surface area contributed by atoms with Crippen LogP contribution in [0.15, 0.2) is 18.2 Å². The van der Waals surface area contributed by atoms with E-state index in [1.165, 1.54) is 13.2 Å². The highest BCUT2D eigenvalue weighted by Crippen LogP contribution is 2.29. The van der Waals surface area contributed by atoms with Gasteiger partial charge >= 0.3 is 0 Å². The molecule has 0 aliphatic carbocycles. The van der Waals surface area contributed by atoms with Gasteiger partial charge in [-0.3, -0.25) is 10.1 Å². The largest absolute Gasteiger partial charge is 0.504 e. The number of para-hydroxylation sites is 1. The summed E-state index contributed by atoms with van der Waals surface area (Å²) in [5, 5.41) is 12.8. The van der Waals surface area contributed by atoms with Crippen LogP contribution in [0.3, 0.4) is 0 Å². The predicted molar refractivity (Wildman–Crippen MR) is 67.3 cm³/mol. The van der Waals surface area contributed by atoms with Crippen molar-refractivity contribution in [3.8, 4) is 11.5 Å². The van der Waals surface area contributed by atoms with E-state index < -0.39 is 5.91 Å². The summed E-state index contributed by atoms with van der Waals surface area (Å²) in [4.78, 5) is 15.9. The molecule has 1 aromatic carbocycles. The van der Waals surface area contributed by atoms with Crippen LogP contribution in [0.1, 0.15) is 16.2 Å². The maximum Gasteiger partial charge on any atom is 0.261 e. The molecule has 0 aliphatic heterocycles. The molecule has 0 atom stereocenters. The minimum Gasteiger partial charge on any atom is -0.504 e. The summed E-state index contributed by atoms with van der Waals surface area (Å²) < 4.78 is 8.88. The van der Waals surface area contributed by atoms with Crippen molar-refractivity contribution in [1.29, 1.82) is 0 Å². The smallest absolute Gasteiger partial charge is 0.261 e. The zero-order valence-electron chi connectivity index (χ0n) is 9.80. The SMILES string of the molecule is COc1cccc(C(=O)Nc2nc(C)ns2)c1O. The number of aryl methyl sites for hydroxylation is 1. The minimum atomic E-state index is -0.456. The van der Waals surface area contributed by atoms with E-state index >= 15 is 0 Å². The Morgan fingerprint density at radius 1 is 1.50 bits per heavy atom. The number of carbonyl (C=O) groups is 1. The number of phenols is 1. The van der Waals surface area contributed by atoms with Crippen LogP contribution in [0, 0.1) is 6.92 Å². The standard InChI is InChI=1S/C11H11N3O3S/c1-6-12-11(18-14-6)13-10(16)7-4-3-5-8(17-2)9(7)15/h3-5,15H,1-2H3,(H,12,13,14,16). The second-order valence-electron chi connectivity index (χ2n) is 3.46. The van der Waals surface area contributed by atoms with Gasteiger partial charge in [0.05, 0.1) is 12.7 Å². The van der Waals surface area contributed by atoms with Crippen molar-refractivity contribution < 1.29 is 14.6 Å². The number of amides is 1. The lowest BCUT2D eigenvalue weighted by Crippen LogP contribution is -2.12. The Morgan fingerprint density at radius 2 is 2.28 bits per heavy atom. The summed E-state index contributed by atoms with van der Waals surface area (Å²) in [6.07, 6.45) is 0. The third-order valence-electron chi connectivity index (χ3n) is 2.21. The number of hydrogen-bond donors (Lipinski definition) is 2. The molecule has 0 saturated carbocycles. The number of aromatic nitrogens is 2. The molecule has 2 aromatic rings. The average molecular weight is 265 g/mol. The van der Waals surface area contributed by atoms with Gasteiger partial charge in [0.2, 0.25) is 5.13 Å². The van der Waals surface area contributed by atoms with E-state index in [9.17, 15) is 9.90 Å². The van der Waals surface area contributed by atoms with E-state index in [1.807, 2.05) is 0 Å². The molecule has 0 aliphatic rings. The lowest BCUT2D eigenvalue weighted by atomic mass is 10.2. The molecule has 1 aromatic heterocycles. The summed E-state index contributed by atoms with van der Waals surface area (Å²) in [7, 11) is 1.42. The van der Waals surface area contributed by atoms with Crippen molar-refractivity contribution in [1.82, 2.24) is 9.36 Å². The maximum atomic E-state index is 11.9. The Morgan fingerprint density at radius 3 is 2.89 bits per heavy atom. The van der Waals surface area contributed by atoms with Crippen molar-refractivity contribution in [3.05, 3.63) is 29.6 Å². The van der Waals surface area contributed by atoms with Crippen molar-refractivity contribution in [2.45, 2.75) is 6.92 Å². The van der Waals surface area contributed by atoms with Gasteiger partial charge in [0, 0.05) is 11.5 Å². The molecule has 0 spiro atoms. The molecule has 7 heteroatoms. The van der Waals surface area contributed by atoms with E-state index in [4.69, 9.17) is 4.74 Å². The van der Waals surface area contributed by atoms with Crippen LogP contribution in [0.4, 0.5) is 5.13 Å². The van der Waals surface area contributed by atoms with Crippen LogP contribution < -0.4 is 10.1 Å². The van der Waals surface area contributed by atoms with Gasteiger partial charge in [-0.05, 0) is 19.1 Å². The molecule has 0 unspecified atom stereocenters. The Balaban J connectivity index is 2.24. The van der Waals surface area contributed by atoms with Crippen molar-refractivity contribution in [3.63, 3.8) is 0 Å². The molecule has 0 bridgehead atoms. The highest BCUT2D eigenvalue weighted by atomic mass is 32.1. The fourth-order valence-corrected chi connectivity index (χ4v) is 1.95. The third-order valence-corrected chi connectivity index (χ3v) is 2.93. The first-order chi connectivity index (χ1) is 8.61. The first kappa shape index (κ1) is 12.3. The molecule has 1 heterocycles. The van der Waals surface area contributed by atoms with Crippen LogP contribution in [0.25, 0.3) is 0 Å². The molecule has 94 valence electrons. The first-order valence-electron chi connectivity index (χ1n) is 5.09. The van der Waals surface area contributed by atoms with Gasteiger partial charge in [-0.2, -0.15) is 4.37 Å². The third kappa shape index (κ3) is 2.40. The van der Waals surface area contributed by atoms with E-state index in [-0.39, 0.29) is 17.1 Å². The quantitative estimate of drug-likeness (QED) is 0.884. The number of ether oxygens (including phenoxy) is 1. The van der Waals surface area contributed by atoms with E-state index in [0.717, 1.165) is 11.5 Å². The van der Waals surface area contributed by atoms with Crippen molar-refractivity contribution in [2.24, 2.45) is 0 Å². The fraction of sp³-hybridized carbons (Fsp3) is 0.182. The van der Waals surface area contributed by atoms with Crippen LogP contribution in [0.5, 0.6) is 11.5 Å². The van der Waals surface area contributed by atoms with E-state index in [2.05, 4.69) is 14.7 Å². The second-order valence-corrected chi connectivity index (χ2v) is 4.21. The number of rotatable bonds is 3. The molecule has 0 radical (unpaired) electrons. The van der Waals surface area contributed by atoms with Gasteiger partial charge in [-0.1, -0.05) is 6.07 Å². The Bertz CT molecular complexity index is 583. The monoisotopic (exact) mass is 265 g/mol. The van der Waals surface area contributed by atoms with Gasteiger partial charge in [0.15, 0.2) is 11.5 Å². The van der Waals surface area contributed by atoms with Gasteiger partial charge < -0.3 is 9.84 Å². The number of nitrogens with zero attached hydrogens (tertiary/aromatic N) is 2. The number of benzene rings is 1. The zero-order valence-corrected chi connectivity index (χ0v) is 10.6. The zero-order chi connectivity index (χ0) is 13.1. The predicted octanol–water partition coefficient (Wildman–Crippen LogP) is 1.81. The van der Waals surface area contributed by atoms with Gasteiger partial charge in [0.25, 0.3) is 5.91 Å². The Hall–Kier alpha value is -2.15. The van der Waals surface area contributed by atoms with Gasteiger partial charge in [-0.15, -0.1) is 0 Å². The molecule has 2 rings (SSSR count). The molecular weight excluding hydrogens is 254 g/mol. The molecule has 6 nitrogen and oxygen atoms in total. The first-order valence-corrected chi connectivity index (χ1v) is 5.87. The topological polar surface area (TPSA) is 84.3 Å². The maximum absolute atomic E-state index is 11.9. The minimum absolute atomic E-state index is 0.127. The second kappa shape index (κ2) is 5.01. The molecule has 0 saturated heterocycles. The van der Waals surface area contributed by atoms with Crippen LogP contribution in [0.2, 0.25) is 0 Å². The number of methoxy groups -OCH3 is 1. The van der Waals surface area contributed by atoms with Crippen molar-refractivity contribution >= 4 is 22.6 Å². The molecule has 1 amide bonds. The number of phenolic OH excluding ortho intramolecular Hbond substituents is 1. The normalized spacial score (nSPS) is 10.1. The lowest BCUT2D eigenvalue weighted by Gasteiger charge is -2.07. The average Bonchev–Trinajstić information content (AvgIpc) is 2.75. The van der Waals surface area contributed by atoms with Gasteiger partial charge in [0.1, 0.15) is 5.82 Å². The molecule has 18 heavy (non-hydrogen) atoms. The summed E-state index contributed by atoms with van der Waals surface area (Å²) in [6.45, 7) is 1.73. The van der Waals surface area contributed by atoms with Crippen molar-refractivity contribution in [2.75, 3.05) is 12.4 Å². The lowest BCUT2D eigenvalue weighted by molar-refractivity contribution is 0.102. The van der Waals surface area contributed by atoms with Crippen LogP contribution in [-0.2, 0) is 0 Å². The van der Waals surface area contributed by atoms with Crippen LogP contribution >= 0.6 is 11.5 Å². The molecular formula is C11H11N3O3S. The Kier molecular flexibility index (Phi) is 3.42. The number of aromatic hydroxyl groups is 1. The number of anilines is 1. The van der Waals surface area contributed by atoms with Crippen LogP contribution in [-0.4, -0.2) is 27.5 Å². The Labute approximate surface area is 107 Å². The highest BCUT2D eigenvalue weighted by Gasteiger charge is 2.16. The van der Waals surface area contributed by atoms with E-state index in [1.54, 1.807) is 19.1 Å².